The van der Waals surface area contributed by atoms with Gasteiger partial charge in [0.15, 0.2) is 6.61 Å². The van der Waals surface area contributed by atoms with Crippen LogP contribution >= 0.6 is 12.4 Å². The molecule has 2 unspecified atom stereocenters. The van der Waals surface area contributed by atoms with Crippen LogP contribution < -0.4 is 10.5 Å². The monoisotopic (exact) mass is 411 g/mol. The standard InChI is InChI=1S/C16H20F3N3O4.ClH/c1-10(20)11-3-2-6-21(8-11)15(23)13-7-12(26-9-16(17,18)19)4-5-14(13)22(24)25;/h4-5,7,10-11H,2-3,6,8-9,20H2,1H3;1H. The molecule has 0 bridgehead atoms. The second-order valence-corrected chi connectivity index (χ2v) is 6.35. The Morgan fingerprint density at radius 3 is 2.70 bits per heavy atom. The van der Waals surface area contributed by atoms with Gasteiger partial charge in [-0.2, -0.15) is 13.2 Å². The van der Waals surface area contributed by atoms with E-state index in [0.717, 1.165) is 24.6 Å². The summed E-state index contributed by atoms with van der Waals surface area (Å²) in [6.45, 7) is 1.04. The summed E-state index contributed by atoms with van der Waals surface area (Å²) in [5.41, 5.74) is 5.11. The maximum atomic E-state index is 12.7. The van der Waals surface area contributed by atoms with E-state index in [9.17, 15) is 28.1 Å². The Morgan fingerprint density at radius 2 is 2.15 bits per heavy atom. The molecule has 1 fully saturated rings. The van der Waals surface area contributed by atoms with Crippen molar-refractivity contribution < 1.29 is 27.6 Å². The lowest BCUT2D eigenvalue weighted by molar-refractivity contribution is -0.385. The SMILES string of the molecule is CC(N)C1CCCN(C(=O)c2cc(OCC(F)(F)F)ccc2[N+](=O)[O-])C1.Cl. The highest BCUT2D eigenvalue weighted by atomic mass is 35.5. The van der Waals surface area contributed by atoms with Gasteiger partial charge in [-0.25, -0.2) is 0 Å². The van der Waals surface area contributed by atoms with E-state index < -0.39 is 29.3 Å². The first-order valence-electron chi connectivity index (χ1n) is 8.11. The van der Waals surface area contributed by atoms with Gasteiger partial charge in [-0.15, -0.1) is 12.4 Å². The maximum absolute atomic E-state index is 12.7. The van der Waals surface area contributed by atoms with Crippen molar-refractivity contribution >= 4 is 24.0 Å². The summed E-state index contributed by atoms with van der Waals surface area (Å²) in [6.07, 6.45) is -3.00. The number of nitrogens with two attached hydrogens (primary N) is 1. The van der Waals surface area contributed by atoms with Crippen LogP contribution in [0.4, 0.5) is 18.9 Å². The molecule has 1 aromatic rings. The Hall–Kier alpha value is -2.07. The molecule has 0 saturated carbocycles. The zero-order valence-corrected chi connectivity index (χ0v) is 15.4. The fraction of sp³-hybridized carbons (Fsp3) is 0.562. The summed E-state index contributed by atoms with van der Waals surface area (Å²) in [4.78, 5) is 24.7. The van der Waals surface area contributed by atoms with Crippen molar-refractivity contribution in [2.45, 2.75) is 32.0 Å². The van der Waals surface area contributed by atoms with Crippen LogP contribution in [0, 0.1) is 16.0 Å². The molecule has 0 aromatic heterocycles. The van der Waals surface area contributed by atoms with E-state index in [2.05, 4.69) is 4.74 Å². The molecule has 2 rings (SSSR count). The lowest BCUT2D eigenvalue weighted by Crippen LogP contribution is -2.45. The molecule has 1 aromatic carbocycles. The van der Waals surface area contributed by atoms with Crippen LogP contribution in [-0.2, 0) is 0 Å². The molecule has 1 aliphatic heterocycles. The molecule has 7 nitrogen and oxygen atoms in total. The van der Waals surface area contributed by atoms with Gasteiger partial charge in [-0.3, -0.25) is 14.9 Å². The minimum Gasteiger partial charge on any atom is -0.484 e. The number of hydrogen-bond donors (Lipinski definition) is 1. The number of rotatable bonds is 5. The highest BCUT2D eigenvalue weighted by Crippen LogP contribution is 2.29. The minimum absolute atomic E-state index is 0. The number of nitro groups is 1. The van der Waals surface area contributed by atoms with E-state index in [1.807, 2.05) is 6.92 Å². The summed E-state index contributed by atoms with van der Waals surface area (Å²) < 4.78 is 41.5. The number of hydrogen-bond acceptors (Lipinski definition) is 5. The zero-order valence-electron chi connectivity index (χ0n) is 14.6. The molecule has 0 aliphatic carbocycles. The number of nitro benzene ring substituents is 1. The molecule has 1 saturated heterocycles. The van der Waals surface area contributed by atoms with Gasteiger partial charge in [0.05, 0.1) is 4.92 Å². The van der Waals surface area contributed by atoms with E-state index in [0.29, 0.717) is 19.5 Å². The number of carbonyl (C=O) groups excluding carboxylic acids is 1. The van der Waals surface area contributed by atoms with Crippen LogP contribution in [0.1, 0.15) is 30.1 Å². The summed E-state index contributed by atoms with van der Waals surface area (Å²) >= 11 is 0. The summed E-state index contributed by atoms with van der Waals surface area (Å²) in [5, 5.41) is 11.2. The van der Waals surface area contributed by atoms with Gasteiger partial charge in [-0.05, 0) is 37.8 Å². The third kappa shape index (κ3) is 6.24. The smallest absolute Gasteiger partial charge is 0.422 e. The number of carbonyl (C=O) groups is 1. The van der Waals surface area contributed by atoms with Crippen LogP contribution in [0.5, 0.6) is 5.75 Å². The number of nitrogens with zero attached hydrogens (tertiary/aromatic N) is 2. The Kier molecular flexibility index (Phi) is 7.85. The van der Waals surface area contributed by atoms with E-state index in [1.54, 1.807) is 0 Å². The molecule has 1 heterocycles. The van der Waals surface area contributed by atoms with Gasteiger partial charge in [-0.1, -0.05) is 0 Å². The molecule has 152 valence electrons. The zero-order chi connectivity index (χ0) is 19.5. The van der Waals surface area contributed by atoms with E-state index in [1.165, 1.54) is 4.90 Å². The van der Waals surface area contributed by atoms with Crippen LogP contribution in [0.3, 0.4) is 0 Å². The number of alkyl halides is 3. The Balaban J connectivity index is 0.00000364. The van der Waals surface area contributed by atoms with E-state index >= 15 is 0 Å². The molecule has 2 atom stereocenters. The average Bonchev–Trinajstić information content (AvgIpc) is 2.58. The fourth-order valence-corrected chi connectivity index (χ4v) is 2.89. The molecule has 1 aliphatic rings. The predicted molar refractivity (Wildman–Crippen MR) is 94.2 cm³/mol. The Morgan fingerprint density at radius 1 is 1.48 bits per heavy atom. The number of halogens is 4. The quantitative estimate of drug-likeness (QED) is 0.592. The Labute approximate surface area is 160 Å². The second-order valence-electron chi connectivity index (χ2n) is 6.35. The highest BCUT2D eigenvalue weighted by molar-refractivity contribution is 5.98. The molecule has 0 radical (unpaired) electrons. The topological polar surface area (TPSA) is 98.7 Å². The summed E-state index contributed by atoms with van der Waals surface area (Å²) in [7, 11) is 0. The average molecular weight is 412 g/mol. The van der Waals surface area contributed by atoms with Gasteiger partial charge in [0.1, 0.15) is 11.3 Å². The van der Waals surface area contributed by atoms with Crippen LogP contribution in [0.25, 0.3) is 0 Å². The minimum atomic E-state index is -4.55. The molecular formula is C16H21ClF3N3O4. The van der Waals surface area contributed by atoms with Crippen molar-refractivity contribution in [3.05, 3.63) is 33.9 Å². The van der Waals surface area contributed by atoms with E-state index in [4.69, 9.17) is 5.73 Å². The molecule has 1 amide bonds. The van der Waals surface area contributed by atoms with E-state index in [-0.39, 0.29) is 35.7 Å². The Bertz CT molecular complexity index is 685. The largest absolute Gasteiger partial charge is 0.484 e. The van der Waals surface area contributed by atoms with Crippen molar-refractivity contribution in [3.8, 4) is 5.75 Å². The van der Waals surface area contributed by atoms with Crippen LogP contribution in [0.15, 0.2) is 18.2 Å². The number of ether oxygens (including phenoxy) is 1. The lowest BCUT2D eigenvalue weighted by atomic mass is 9.91. The normalized spacial score (nSPS) is 18.4. The fourth-order valence-electron chi connectivity index (χ4n) is 2.89. The molecule has 27 heavy (non-hydrogen) atoms. The first-order valence-corrected chi connectivity index (χ1v) is 8.11. The van der Waals surface area contributed by atoms with Crippen molar-refractivity contribution in [2.24, 2.45) is 11.7 Å². The highest BCUT2D eigenvalue weighted by Gasteiger charge is 2.32. The summed E-state index contributed by atoms with van der Waals surface area (Å²) in [5.74, 6) is -0.798. The van der Waals surface area contributed by atoms with Crippen molar-refractivity contribution in [3.63, 3.8) is 0 Å². The van der Waals surface area contributed by atoms with Crippen molar-refractivity contribution in [1.82, 2.24) is 4.90 Å². The first kappa shape index (κ1) is 23.0. The second kappa shape index (κ2) is 9.23. The van der Waals surface area contributed by atoms with Gasteiger partial charge in [0, 0.05) is 25.2 Å². The molecule has 0 spiro atoms. The number of likely N-dealkylation sites (tertiary alicyclic amines) is 1. The number of amides is 1. The predicted octanol–water partition coefficient (Wildman–Crippen LogP) is 3.16. The van der Waals surface area contributed by atoms with Crippen molar-refractivity contribution in [1.29, 1.82) is 0 Å². The summed E-state index contributed by atoms with van der Waals surface area (Å²) in [6, 6.07) is 2.87. The lowest BCUT2D eigenvalue weighted by Gasteiger charge is -2.34. The third-order valence-electron chi connectivity index (χ3n) is 4.29. The van der Waals surface area contributed by atoms with Gasteiger partial charge >= 0.3 is 6.18 Å². The van der Waals surface area contributed by atoms with Crippen LogP contribution in [0.2, 0.25) is 0 Å². The maximum Gasteiger partial charge on any atom is 0.422 e. The van der Waals surface area contributed by atoms with Crippen LogP contribution in [-0.4, -0.2) is 47.6 Å². The van der Waals surface area contributed by atoms with Gasteiger partial charge < -0.3 is 15.4 Å². The van der Waals surface area contributed by atoms with Gasteiger partial charge in [0.2, 0.25) is 0 Å². The number of piperidine rings is 1. The van der Waals surface area contributed by atoms with Crippen molar-refractivity contribution in [2.75, 3.05) is 19.7 Å². The molecular weight excluding hydrogens is 391 g/mol. The first-order chi connectivity index (χ1) is 12.1. The molecule has 11 heteroatoms. The number of benzene rings is 1. The van der Waals surface area contributed by atoms with Gasteiger partial charge in [0.25, 0.3) is 11.6 Å². The molecule has 2 N–H and O–H groups in total. The third-order valence-corrected chi connectivity index (χ3v) is 4.29.